The number of carbonyl (C=O) groups is 1. The van der Waals surface area contributed by atoms with Crippen molar-refractivity contribution in [2.45, 2.75) is 52.2 Å². The van der Waals surface area contributed by atoms with Gasteiger partial charge in [-0.2, -0.15) is 0 Å². The summed E-state index contributed by atoms with van der Waals surface area (Å²) in [5.41, 5.74) is 1.29. The van der Waals surface area contributed by atoms with E-state index in [1.54, 1.807) is 0 Å². The molecule has 0 radical (unpaired) electrons. The maximum absolute atomic E-state index is 12.8. The third-order valence-corrected chi connectivity index (χ3v) is 6.15. The van der Waals surface area contributed by atoms with Crippen molar-refractivity contribution in [3.63, 3.8) is 0 Å². The lowest BCUT2D eigenvalue weighted by Crippen LogP contribution is -2.54. The molecule has 156 valence electrons. The largest absolute Gasteiger partial charge is 0.494 e. The molecule has 3 aliphatic heterocycles. The van der Waals surface area contributed by atoms with Gasteiger partial charge in [-0.05, 0) is 55.4 Å². The van der Waals surface area contributed by atoms with Crippen molar-refractivity contribution in [3.8, 4) is 5.75 Å². The number of amides is 1. The lowest BCUT2D eigenvalue weighted by Gasteiger charge is -2.48. The van der Waals surface area contributed by atoms with Crippen LogP contribution in [0.25, 0.3) is 0 Å². The monoisotopic (exact) mass is 390 g/mol. The van der Waals surface area contributed by atoms with E-state index in [9.17, 15) is 9.90 Å². The minimum Gasteiger partial charge on any atom is -0.494 e. The van der Waals surface area contributed by atoms with Crippen LogP contribution in [0.1, 0.15) is 40.0 Å². The Morgan fingerprint density at radius 2 is 1.96 bits per heavy atom. The van der Waals surface area contributed by atoms with E-state index in [0.717, 1.165) is 25.3 Å². The van der Waals surface area contributed by atoms with Crippen LogP contribution in [0.15, 0.2) is 24.3 Å². The van der Waals surface area contributed by atoms with E-state index in [2.05, 4.69) is 30.9 Å². The summed E-state index contributed by atoms with van der Waals surface area (Å²) in [4.78, 5) is 17.2. The van der Waals surface area contributed by atoms with Gasteiger partial charge in [0, 0.05) is 31.7 Å². The molecule has 2 bridgehead atoms. The van der Waals surface area contributed by atoms with Crippen LogP contribution in [0.3, 0.4) is 0 Å². The summed E-state index contributed by atoms with van der Waals surface area (Å²) < 4.78 is 5.57. The second-order valence-electron chi connectivity index (χ2n) is 8.83. The molecule has 3 heterocycles. The first-order valence-electron chi connectivity index (χ1n) is 10.4. The van der Waals surface area contributed by atoms with Gasteiger partial charge in [-0.3, -0.25) is 4.79 Å². The minimum absolute atomic E-state index is 0.0775. The van der Waals surface area contributed by atoms with E-state index in [4.69, 9.17) is 9.84 Å². The van der Waals surface area contributed by atoms with Crippen LogP contribution in [0.4, 0.5) is 5.69 Å². The van der Waals surface area contributed by atoms with Crippen molar-refractivity contribution in [2.75, 3.05) is 37.7 Å². The van der Waals surface area contributed by atoms with Crippen molar-refractivity contribution in [1.82, 2.24) is 4.90 Å². The number of ether oxygens (including phenoxy) is 1. The number of nitrogens with zero attached hydrogens (tertiary/aromatic N) is 2. The Hall–Kier alpha value is -1.79. The SMILES string of the molecule is CCOc1ccc(N2C[C@H]3CN(C(=O)CC[C@@H](O)CO)C[C@@H]2C(C)(C)C3)cc1. The maximum atomic E-state index is 12.8. The quantitative estimate of drug-likeness (QED) is 0.747. The van der Waals surface area contributed by atoms with Gasteiger partial charge in [0.1, 0.15) is 5.75 Å². The number of carbonyl (C=O) groups excluding carboxylic acids is 1. The topological polar surface area (TPSA) is 73.2 Å². The summed E-state index contributed by atoms with van der Waals surface area (Å²) >= 11 is 0. The van der Waals surface area contributed by atoms with Crippen LogP contribution in [-0.4, -0.2) is 66.0 Å². The number of piperidine rings is 1. The van der Waals surface area contributed by atoms with Crippen molar-refractivity contribution in [3.05, 3.63) is 24.3 Å². The molecule has 6 heteroatoms. The third kappa shape index (κ3) is 4.61. The number of fused-ring (bicyclic) bond motifs is 4. The molecule has 3 atom stereocenters. The number of aliphatic hydroxyl groups excluding tert-OH is 2. The van der Waals surface area contributed by atoms with Crippen molar-refractivity contribution in [1.29, 1.82) is 0 Å². The van der Waals surface area contributed by atoms with E-state index in [-0.39, 0.29) is 30.4 Å². The van der Waals surface area contributed by atoms with Crippen LogP contribution < -0.4 is 9.64 Å². The Bertz CT molecular complexity index is 661. The number of hydrogen-bond acceptors (Lipinski definition) is 5. The van der Waals surface area contributed by atoms with Gasteiger partial charge in [0.2, 0.25) is 5.91 Å². The Morgan fingerprint density at radius 3 is 2.61 bits per heavy atom. The van der Waals surface area contributed by atoms with Gasteiger partial charge in [0.05, 0.1) is 25.4 Å². The molecule has 0 unspecified atom stereocenters. The third-order valence-electron chi connectivity index (χ3n) is 6.15. The Kier molecular flexibility index (Phi) is 6.50. The summed E-state index contributed by atoms with van der Waals surface area (Å²) in [5, 5.41) is 18.6. The highest BCUT2D eigenvalue weighted by atomic mass is 16.5. The van der Waals surface area contributed by atoms with Gasteiger partial charge in [-0.1, -0.05) is 13.8 Å². The molecule has 1 aromatic carbocycles. The summed E-state index contributed by atoms with van der Waals surface area (Å²) in [7, 11) is 0. The van der Waals surface area contributed by atoms with E-state index in [1.807, 2.05) is 24.0 Å². The molecule has 6 nitrogen and oxygen atoms in total. The summed E-state index contributed by atoms with van der Waals surface area (Å²) in [6, 6.07) is 8.51. The van der Waals surface area contributed by atoms with Gasteiger partial charge in [-0.25, -0.2) is 0 Å². The van der Waals surface area contributed by atoms with Crippen LogP contribution in [0.2, 0.25) is 0 Å². The highest BCUT2D eigenvalue weighted by Gasteiger charge is 2.46. The summed E-state index contributed by atoms with van der Waals surface area (Å²) in [5.74, 6) is 1.38. The van der Waals surface area contributed by atoms with Crippen LogP contribution in [0.5, 0.6) is 5.75 Å². The van der Waals surface area contributed by atoms with Crippen molar-refractivity contribution < 1.29 is 19.7 Å². The Morgan fingerprint density at radius 1 is 1.25 bits per heavy atom. The molecule has 1 aromatic rings. The lowest BCUT2D eigenvalue weighted by atomic mass is 9.73. The number of benzene rings is 1. The summed E-state index contributed by atoms with van der Waals surface area (Å²) in [6.07, 6.45) is 0.885. The van der Waals surface area contributed by atoms with Crippen LogP contribution >= 0.6 is 0 Å². The molecule has 0 saturated carbocycles. The van der Waals surface area contributed by atoms with Crippen LogP contribution in [-0.2, 0) is 4.79 Å². The van der Waals surface area contributed by atoms with E-state index >= 15 is 0 Å². The zero-order valence-electron chi connectivity index (χ0n) is 17.3. The fraction of sp³-hybridized carbons (Fsp3) is 0.682. The first kappa shape index (κ1) is 20.9. The van der Waals surface area contributed by atoms with Crippen molar-refractivity contribution in [2.24, 2.45) is 11.3 Å². The molecule has 4 rings (SSSR count). The molecule has 28 heavy (non-hydrogen) atoms. The number of aliphatic hydroxyl groups is 2. The lowest BCUT2D eigenvalue weighted by molar-refractivity contribution is -0.132. The Labute approximate surface area is 168 Å². The van der Waals surface area contributed by atoms with Crippen LogP contribution in [0, 0.1) is 11.3 Å². The highest BCUT2D eigenvalue weighted by Crippen LogP contribution is 2.43. The van der Waals surface area contributed by atoms with Gasteiger partial charge < -0.3 is 24.7 Å². The zero-order chi connectivity index (χ0) is 20.3. The Balaban J connectivity index is 1.76. The first-order chi connectivity index (χ1) is 13.3. The molecule has 3 aliphatic rings. The normalized spacial score (nSPS) is 24.8. The molecule has 1 amide bonds. The predicted molar refractivity (Wildman–Crippen MR) is 110 cm³/mol. The second kappa shape index (κ2) is 8.70. The molecule has 0 spiro atoms. The van der Waals surface area contributed by atoms with Gasteiger partial charge in [0.15, 0.2) is 0 Å². The average Bonchev–Trinajstić information content (AvgIpc) is 2.93. The minimum atomic E-state index is -0.815. The average molecular weight is 391 g/mol. The molecule has 3 saturated heterocycles. The number of rotatable bonds is 7. The number of anilines is 1. The predicted octanol–water partition coefficient (Wildman–Crippen LogP) is 2.28. The second-order valence-corrected chi connectivity index (χ2v) is 8.83. The van der Waals surface area contributed by atoms with Crippen molar-refractivity contribution >= 4 is 11.6 Å². The molecule has 0 aliphatic carbocycles. The maximum Gasteiger partial charge on any atom is 0.222 e. The zero-order valence-corrected chi connectivity index (χ0v) is 17.3. The molecule has 2 N–H and O–H groups in total. The molecule has 0 aromatic heterocycles. The van der Waals surface area contributed by atoms with E-state index in [0.29, 0.717) is 25.5 Å². The fourth-order valence-electron chi connectivity index (χ4n) is 4.76. The fourth-order valence-corrected chi connectivity index (χ4v) is 4.76. The molecular weight excluding hydrogens is 356 g/mol. The smallest absolute Gasteiger partial charge is 0.222 e. The van der Waals surface area contributed by atoms with Gasteiger partial charge in [-0.15, -0.1) is 0 Å². The first-order valence-corrected chi connectivity index (χ1v) is 10.4. The molecule has 3 fully saturated rings. The summed E-state index contributed by atoms with van der Waals surface area (Å²) in [6.45, 7) is 9.36. The number of hydrogen-bond donors (Lipinski definition) is 2. The molecular formula is C22H34N2O4. The van der Waals surface area contributed by atoms with Gasteiger partial charge >= 0.3 is 0 Å². The van der Waals surface area contributed by atoms with Gasteiger partial charge in [0.25, 0.3) is 0 Å². The van der Waals surface area contributed by atoms with E-state index < -0.39 is 6.10 Å². The van der Waals surface area contributed by atoms with E-state index in [1.165, 1.54) is 5.69 Å². The highest BCUT2D eigenvalue weighted by molar-refractivity contribution is 5.76. The standard InChI is InChI=1S/C22H34N2O4/c1-4-28-19-8-5-17(6-9-19)24-13-16-11-22(2,3)20(24)14-23(12-16)21(27)10-7-18(26)15-25/h5-6,8-9,16,18,20,25-26H,4,7,10-15H2,1-3H3/t16-,18-,20-/m1/s1.